The van der Waals surface area contributed by atoms with Crippen molar-refractivity contribution in [3.63, 3.8) is 0 Å². The molecule has 0 aromatic heterocycles. The van der Waals surface area contributed by atoms with Gasteiger partial charge >= 0.3 is 0 Å². The molecule has 0 bridgehead atoms. The fraction of sp³-hybridized carbons (Fsp3) is 0.423. The van der Waals surface area contributed by atoms with Crippen LogP contribution in [0, 0.1) is 0 Å². The minimum absolute atomic E-state index is 0.000894. The van der Waals surface area contributed by atoms with Crippen molar-refractivity contribution in [2.24, 2.45) is 0 Å². The third-order valence-corrected chi connectivity index (χ3v) is 6.49. The third-order valence-electron chi connectivity index (χ3n) is 6.49. The number of rotatable bonds is 8. The SMILES string of the molecule is CN(C)CCN(CC1CCCO1)C(=O)CC1(c2ccccc2)C(=O)c2ccccc2C1=O. The molecule has 1 amide bonds. The molecule has 1 aliphatic heterocycles. The zero-order valence-electron chi connectivity index (χ0n) is 18.8. The van der Waals surface area contributed by atoms with Crippen LogP contribution < -0.4 is 0 Å². The summed E-state index contributed by atoms with van der Waals surface area (Å²) < 4.78 is 5.77. The maximum atomic E-state index is 13.7. The van der Waals surface area contributed by atoms with Crippen molar-refractivity contribution in [2.75, 3.05) is 40.3 Å². The van der Waals surface area contributed by atoms with Crippen molar-refractivity contribution in [2.45, 2.75) is 30.8 Å². The molecule has 0 saturated carbocycles. The minimum atomic E-state index is -1.52. The van der Waals surface area contributed by atoms with Gasteiger partial charge in [-0.15, -0.1) is 0 Å². The first-order valence-electron chi connectivity index (χ1n) is 11.2. The number of ether oxygens (including phenoxy) is 1. The Balaban J connectivity index is 1.68. The Labute approximate surface area is 189 Å². The number of Topliss-reactive ketones (excluding diaryl/α,β-unsaturated/α-hetero) is 2. The molecule has 1 atom stereocenters. The first kappa shape index (κ1) is 22.4. The second-order valence-corrected chi connectivity index (χ2v) is 8.93. The van der Waals surface area contributed by atoms with Crippen molar-refractivity contribution < 1.29 is 19.1 Å². The molecule has 0 radical (unpaired) electrons. The lowest BCUT2D eigenvalue weighted by atomic mass is 9.73. The number of ketones is 2. The van der Waals surface area contributed by atoms with Gasteiger partial charge in [-0.1, -0.05) is 54.6 Å². The normalized spacial score (nSPS) is 19.4. The van der Waals surface area contributed by atoms with Crippen LogP contribution >= 0.6 is 0 Å². The number of amides is 1. The molecule has 168 valence electrons. The van der Waals surface area contributed by atoms with Crippen LogP contribution in [0.1, 0.15) is 45.5 Å². The highest BCUT2D eigenvalue weighted by atomic mass is 16.5. The van der Waals surface area contributed by atoms with Crippen LogP contribution in [0.2, 0.25) is 0 Å². The van der Waals surface area contributed by atoms with Gasteiger partial charge < -0.3 is 14.5 Å². The van der Waals surface area contributed by atoms with Crippen molar-refractivity contribution in [1.82, 2.24) is 9.80 Å². The summed E-state index contributed by atoms with van der Waals surface area (Å²) in [6.07, 6.45) is 1.73. The Morgan fingerprint density at radius 3 is 2.16 bits per heavy atom. The Morgan fingerprint density at radius 2 is 1.59 bits per heavy atom. The molecule has 1 fully saturated rings. The predicted molar refractivity (Wildman–Crippen MR) is 122 cm³/mol. The topological polar surface area (TPSA) is 66.9 Å². The zero-order valence-corrected chi connectivity index (χ0v) is 18.8. The highest BCUT2D eigenvalue weighted by Gasteiger charge is 2.55. The Morgan fingerprint density at radius 1 is 0.969 bits per heavy atom. The van der Waals surface area contributed by atoms with Crippen LogP contribution in [0.3, 0.4) is 0 Å². The van der Waals surface area contributed by atoms with Gasteiger partial charge in [0.15, 0.2) is 11.6 Å². The molecule has 2 aromatic carbocycles. The predicted octanol–water partition coefficient (Wildman–Crippen LogP) is 2.96. The lowest BCUT2D eigenvalue weighted by Crippen LogP contribution is -2.47. The van der Waals surface area contributed by atoms with Crippen LogP contribution in [0.4, 0.5) is 0 Å². The molecule has 2 aliphatic rings. The fourth-order valence-electron chi connectivity index (χ4n) is 4.70. The van der Waals surface area contributed by atoms with Crippen LogP contribution in [0.25, 0.3) is 0 Å². The lowest BCUT2D eigenvalue weighted by Gasteiger charge is -2.32. The maximum Gasteiger partial charge on any atom is 0.224 e. The number of nitrogens with zero attached hydrogens (tertiary/aromatic N) is 2. The van der Waals surface area contributed by atoms with Gasteiger partial charge in [0.05, 0.1) is 12.5 Å². The van der Waals surface area contributed by atoms with E-state index < -0.39 is 5.41 Å². The van der Waals surface area contributed by atoms with E-state index in [2.05, 4.69) is 0 Å². The van der Waals surface area contributed by atoms with Crippen LogP contribution in [-0.2, 0) is 14.9 Å². The number of carbonyl (C=O) groups excluding carboxylic acids is 3. The summed E-state index contributed by atoms with van der Waals surface area (Å²) in [5.41, 5.74) is -0.153. The third kappa shape index (κ3) is 4.12. The molecule has 0 N–H and O–H groups in total. The second-order valence-electron chi connectivity index (χ2n) is 8.93. The molecule has 1 heterocycles. The highest BCUT2D eigenvalue weighted by Crippen LogP contribution is 2.42. The van der Waals surface area contributed by atoms with E-state index in [-0.39, 0.29) is 30.0 Å². The van der Waals surface area contributed by atoms with Gasteiger partial charge in [0.1, 0.15) is 5.41 Å². The summed E-state index contributed by atoms with van der Waals surface area (Å²) in [6.45, 7) is 2.40. The van der Waals surface area contributed by atoms with E-state index in [1.165, 1.54) is 0 Å². The molecular weight excluding hydrogens is 404 g/mol. The Bertz CT molecular complexity index is 961. The van der Waals surface area contributed by atoms with E-state index >= 15 is 0 Å². The van der Waals surface area contributed by atoms with Crippen molar-refractivity contribution >= 4 is 17.5 Å². The Hall–Kier alpha value is -2.83. The molecule has 2 aromatic rings. The van der Waals surface area contributed by atoms with Crippen molar-refractivity contribution in [3.8, 4) is 0 Å². The smallest absolute Gasteiger partial charge is 0.224 e. The van der Waals surface area contributed by atoms with Crippen molar-refractivity contribution in [3.05, 3.63) is 71.3 Å². The molecule has 6 nitrogen and oxygen atoms in total. The average molecular weight is 435 g/mol. The summed E-state index contributed by atoms with van der Waals surface area (Å²) in [4.78, 5) is 44.8. The number of hydrogen-bond acceptors (Lipinski definition) is 5. The van der Waals surface area contributed by atoms with Gasteiger partial charge in [0.25, 0.3) is 0 Å². The lowest BCUT2D eigenvalue weighted by molar-refractivity contribution is -0.133. The summed E-state index contributed by atoms with van der Waals surface area (Å²) in [6, 6.07) is 15.9. The maximum absolute atomic E-state index is 13.7. The standard InChI is InChI=1S/C26H30N2O4/c1-27(2)14-15-28(18-20-11-8-16-32-20)23(29)17-26(19-9-4-3-5-10-19)24(30)21-12-6-7-13-22(21)25(26)31/h3-7,9-10,12-13,20H,8,11,14-18H2,1-2H3. The monoisotopic (exact) mass is 434 g/mol. The molecule has 1 unspecified atom stereocenters. The molecule has 4 rings (SSSR count). The van der Waals surface area contributed by atoms with Gasteiger partial charge in [-0.25, -0.2) is 0 Å². The number of fused-ring (bicyclic) bond motifs is 1. The number of likely N-dealkylation sites (N-methyl/N-ethyl adjacent to an activating group) is 1. The average Bonchev–Trinajstić information content (AvgIpc) is 3.39. The largest absolute Gasteiger partial charge is 0.376 e. The van der Waals surface area contributed by atoms with Crippen molar-refractivity contribution in [1.29, 1.82) is 0 Å². The first-order chi connectivity index (χ1) is 15.4. The summed E-state index contributed by atoms with van der Waals surface area (Å²) >= 11 is 0. The van der Waals surface area contributed by atoms with Gasteiger partial charge in [0.2, 0.25) is 5.91 Å². The van der Waals surface area contributed by atoms with Gasteiger partial charge in [-0.2, -0.15) is 0 Å². The quantitative estimate of drug-likeness (QED) is 0.598. The van der Waals surface area contributed by atoms with Gasteiger partial charge in [-0.05, 0) is 32.5 Å². The molecule has 6 heteroatoms. The fourth-order valence-corrected chi connectivity index (χ4v) is 4.70. The van der Waals surface area contributed by atoms with Crippen LogP contribution in [-0.4, -0.2) is 73.7 Å². The molecule has 0 spiro atoms. The van der Waals surface area contributed by atoms with E-state index in [4.69, 9.17) is 4.74 Å². The molecule has 1 aliphatic carbocycles. The molecule has 32 heavy (non-hydrogen) atoms. The number of benzene rings is 2. The van der Waals surface area contributed by atoms with Crippen LogP contribution in [0.15, 0.2) is 54.6 Å². The summed E-state index contributed by atoms with van der Waals surface area (Å²) in [5, 5.41) is 0. The Kier molecular flexibility index (Phi) is 6.53. The molecular formula is C26H30N2O4. The van der Waals surface area contributed by atoms with E-state index in [1.54, 1.807) is 53.4 Å². The summed E-state index contributed by atoms with van der Waals surface area (Å²) in [5.74, 6) is -0.773. The highest BCUT2D eigenvalue weighted by molar-refractivity contribution is 6.34. The van der Waals surface area contributed by atoms with E-state index in [1.807, 2.05) is 25.1 Å². The second kappa shape index (κ2) is 9.35. The van der Waals surface area contributed by atoms with Gasteiger partial charge in [0, 0.05) is 37.4 Å². The summed E-state index contributed by atoms with van der Waals surface area (Å²) in [7, 11) is 3.92. The van der Waals surface area contributed by atoms with Crippen LogP contribution in [0.5, 0.6) is 0 Å². The first-order valence-corrected chi connectivity index (χ1v) is 11.2. The zero-order chi connectivity index (χ0) is 22.7. The van der Waals surface area contributed by atoms with E-state index in [9.17, 15) is 14.4 Å². The number of carbonyl (C=O) groups is 3. The van der Waals surface area contributed by atoms with E-state index in [0.717, 1.165) is 12.8 Å². The van der Waals surface area contributed by atoms with E-state index in [0.29, 0.717) is 42.9 Å². The number of hydrogen-bond donors (Lipinski definition) is 0. The molecule has 1 saturated heterocycles. The minimum Gasteiger partial charge on any atom is -0.376 e. The van der Waals surface area contributed by atoms with Gasteiger partial charge in [-0.3, -0.25) is 14.4 Å².